The molecule has 20 heavy (non-hydrogen) atoms. The molecule has 1 aliphatic rings. The van der Waals surface area contributed by atoms with Crippen LogP contribution in [0.2, 0.25) is 10.0 Å². The van der Waals surface area contributed by atoms with Crippen LogP contribution in [0.3, 0.4) is 0 Å². The van der Waals surface area contributed by atoms with Gasteiger partial charge in [-0.15, -0.1) is 0 Å². The first-order valence-electron chi connectivity index (χ1n) is 6.78. The van der Waals surface area contributed by atoms with Crippen molar-refractivity contribution < 1.29 is 4.79 Å². The van der Waals surface area contributed by atoms with Crippen molar-refractivity contribution in [2.75, 3.05) is 13.1 Å². The highest BCUT2D eigenvalue weighted by atomic mass is 35.5. The minimum Gasteiger partial charge on any atom is -0.341 e. The van der Waals surface area contributed by atoms with E-state index in [9.17, 15) is 9.59 Å². The second-order valence-electron chi connectivity index (χ2n) is 4.92. The lowest BCUT2D eigenvalue weighted by atomic mass is 10.1. The van der Waals surface area contributed by atoms with Gasteiger partial charge >= 0.3 is 0 Å². The molecule has 0 bridgehead atoms. The third-order valence-corrected chi connectivity index (χ3v) is 4.18. The van der Waals surface area contributed by atoms with E-state index >= 15 is 0 Å². The van der Waals surface area contributed by atoms with Crippen LogP contribution in [-0.4, -0.2) is 33.7 Å². The summed E-state index contributed by atoms with van der Waals surface area (Å²) in [6.07, 6.45) is 6.83. The Hall–Kier alpha value is -1.07. The van der Waals surface area contributed by atoms with E-state index < -0.39 is 5.56 Å². The molecule has 0 radical (unpaired) electrons. The molecule has 0 aliphatic carbocycles. The van der Waals surface area contributed by atoms with Crippen LogP contribution in [0.15, 0.2) is 11.0 Å². The standard InChI is InChI=1S/C13H17Cl2N3O2/c14-10-8-16-18(13(20)12(10)15)9-11(19)17-6-4-2-1-3-5-7-17/h8H,1-7,9H2. The molecule has 1 saturated heterocycles. The number of amides is 1. The quantitative estimate of drug-likeness (QED) is 0.841. The van der Waals surface area contributed by atoms with Crippen molar-refractivity contribution in [3.05, 3.63) is 26.6 Å². The monoisotopic (exact) mass is 317 g/mol. The van der Waals surface area contributed by atoms with Gasteiger partial charge in [-0.25, -0.2) is 4.68 Å². The second-order valence-corrected chi connectivity index (χ2v) is 5.70. The first-order valence-corrected chi connectivity index (χ1v) is 7.54. The summed E-state index contributed by atoms with van der Waals surface area (Å²) in [5.41, 5.74) is -0.528. The number of carbonyl (C=O) groups is 1. The number of hydrogen-bond acceptors (Lipinski definition) is 3. The molecule has 0 unspecified atom stereocenters. The van der Waals surface area contributed by atoms with Gasteiger partial charge in [-0.3, -0.25) is 9.59 Å². The Morgan fingerprint density at radius 2 is 1.75 bits per heavy atom. The minimum atomic E-state index is -0.528. The van der Waals surface area contributed by atoms with Crippen LogP contribution in [0.4, 0.5) is 0 Å². The molecule has 110 valence electrons. The number of nitrogens with zero attached hydrogens (tertiary/aromatic N) is 3. The topological polar surface area (TPSA) is 55.2 Å². The van der Waals surface area contributed by atoms with Gasteiger partial charge in [-0.2, -0.15) is 5.10 Å². The van der Waals surface area contributed by atoms with Gasteiger partial charge in [0, 0.05) is 13.1 Å². The van der Waals surface area contributed by atoms with E-state index in [4.69, 9.17) is 23.2 Å². The lowest BCUT2D eigenvalue weighted by Gasteiger charge is -2.24. The average molecular weight is 318 g/mol. The predicted molar refractivity (Wildman–Crippen MR) is 78.2 cm³/mol. The number of rotatable bonds is 2. The Morgan fingerprint density at radius 1 is 1.15 bits per heavy atom. The Bertz CT molecular complexity index is 537. The van der Waals surface area contributed by atoms with Crippen molar-refractivity contribution in [1.82, 2.24) is 14.7 Å². The van der Waals surface area contributed by atoms with Gasteiger partial charge in [-0.05, 0) is 12.8 Å². The zero-order valence-corrected chi connectivity index (χ0v) is 12.7. The summed E-state index contributed by atoms with van der Waals surface area (Å²) >= 11 is 11.5. The molecule has 0 saturated carbocycles. The van der Waals surface area contributed by atoms with E-state index in [1.54, 1.807) is 4.90 Å². The highest BCUT2D eigenvalue weighted by Gasteiger charge is 2.17. The molecule has 5 nitrogen and oxygen atoms in total. The molecule has 1 aliphatic heterocycles. The predicted octanol–water partition coefficient (Wildman–Crippen LogP) is 2.34. The highest BCUT2D eigenvalue weighted by molar-refractivity contribution is 6.41. The number of hydrogen-bond donors (Lipinski definition) is 0. The first kappa shape index (κ1) is 15.3. The van der Waals surface area contributed by atoms with Crippen LogP contribution in [0.1, 0.15) is 32.1 Å². The summed E-state index contributed by atoms with van der Waals surface area (Å²) in [7, 11) is 0. The van der Waals surface area contributed by atoms with Crippen molar-refractivity contribution in [3.8, 4) is 0 Å². The van der Waals surface area contributed by atoms with Crippen LogP contribution in [0.25, 0.3) is 0 Å². The third kappa shape index (κ3) is 3.73. The smallest absolute Gasteiger partial charge is 0.287 e. The molecule has 7 heteroatoms. The molecule has 1 amide bonds. The van der Waals surface area contributed by atoms with Gasteiger partial charge in [0.2, 0.25) is 5.91 Å². The van der Waals surface area contributed by atoms with Crippen LogP contribution in [-0.2, 0) is 11.3 Å². The van der Waals surface area contributed by atoms with E-state index in [0.717, 1.165) is 43.5 Å². The first-order chi connectivity index (χ1) is 9.59. The fourth-order valence-electron chi connectivity index (χ4n) is 2.28. The zero-order valence-electron chi connectivity index (χ0n) is 11.1. The van der Waals surface area contributed by atoms with Crippen molar-refractivity contribution in [1.29, 1.82) is 0 Å². The van der Waals surface area contributed by atoms with Gasteiger partial charge in [-0.1, -0.05) is 42.5 Å². The SMILES string of the molecule is O=C(Cn1ncc(Cl)c(Cl)c1=O)N1CCCCCCC1. The van der Waals surface area contributed by atoms with Crippen molar-refractivity contribution in [3.63, 3.8) is 0 Å². The highest BCUT2D eigenvalue weighted by Crippen LogP contribution is 2.15. The summed E-state index contributed by atoms with van der Waals surface area (Å²) in [4.78, 5) is 25.9. The fourth-order valence-corrected chi connectivity index (χ4v) is 2.55. The summed E-state index contributed by atoms with van der Waals surface area (Å²) in [6, 6.07) is 0. The second kappa shape index (κ2) is 7.09. The number of aromatic nitrogens is 2. The van der Waals surface area contributed by atoms with Gasteiger partial charge in [0.1, 0.15) is 11.6 Å². The van der Waals surface area contributed by atoms with Crippen molar-refractivity contribution in [2.45, 2.75) is 38.6 Å². The maximum atomic E-state index is 12.2. The molecule has 1 aromatic heterocycles. The van der Waals surface area contributed by atoms with E-state index in [1.807, 2.05) is 0 Å². The van der Waals surface area contributed by atoms with Gasteiger partial charge in [0.05, 0.1) is 11.2 Å². The summed E-state index contributed by atoms with van der Waals surface area (Å²) in [5.74, 6) is -0.0973. The van der Waals surface area contributed by atoms with Crippen molar-refractivity contribution in [2.24, 2.45) is 0 Å². The lowest BCUT2D eigenvalue weighted by Crippen LogP contribution is -2.39. The Labute approximate surface area is 127 Å². The van der Waals surface area contributed by atoms with Crippen LogP contribution >= 0.6 is 23.2 Å². The maximum absolute atomic E-state index is 12.2. The molecule has 0 aromatic carbocycles. The Kier molecular flexibility index (Phi) is 5.43. The lowest BCUT2D eigenvalue weighted by molar-refractivity contribution is -0.132. The molecule has 0 N–H and O–H groups in total. The normalized spacial score (nSPS) is 16.6. The molecular formula is C13H17Cl2N3O2. The van der Waals surface area contributed by atoms with E-state index in [2.05, 4.69) is 5.10 Å². The molecule has 2 rings (SSSR count). The van der Waals surface area contributed by atoms with Crippen molar-refractivity contribution >= 4 is 29.1 Å². The van der Waals surface area contributed by atoms with Crippen LogP contribution in [0, 0.1) is 0 Å². The molecular weight excluding hydrogens is 301 g/mol. The number of halogens is 2. The van der Waals surface area contributed by atoms with E-state index in [0.29, 0.717) is 0 Å². The number of carbonyl (C=O) groups excluding carboxylic acids is 1. The zero-order chi connectivity index (χ0) is 14.5. The van der Waals surface area contributed by atoms with Crippen LogP contribution < -0.4 is 5.56 Å². The average Bonchev–Trinajstić information content (AvgIpc) is 2.39. The van der Waals surface area contributed by atoms with Gasteiger partial charge in [0.15, 0.2) is 0 Å². The Morgan fingerprint density at radius 3 is 2.40 bits per heavy atom. The largest absolute Gasteiger partial charge is 0.341 e. The molecule has 1 aromatic rings. The van der Waals surface area contributed by atoms with Gasteiger partial charge in [0.25, 0.3) is 5.56 Å². The molecule has 2 heterocycles. The maximum Gasteiger partial charge on any atom is 0.287 e. The molecule has 1 fully saturated rings. The summed E-state index contributed by atoms with van der Waals surface area (Å²) < 4.78 is 1.06. The third-order valence-electron chi connectivity index (χ3n) is 3.44. The molecule has 0 atom stereocenters. The summed E-state index contributed by atoms with van der Waals surface area (Å²) in [5, 5.41) is 3.86. The van der Waals surface area contributed by atoms with Crippen LogP contribution in [0.5, 0.6) is 0 Å². The molecule has 0 spiro atoms. The summed E-state index contributed by atoms with van der Waals surface area (Å²) in [6.45, 7) is 1.40. The minimum absolute atomic E-state index is 0.0876. The van der Waals surface area contributed by atoms with E-state index in [1.165, 1.54) is 12.6 Å². The number of likely N-dealkylation sites (tertiary alicyclic amines) is 1. The van der Waals surface area contributed by atoms with Gasteiger partial charge < -0.3 is 4.90 Å². The fraction of sp³-hybridized carbons (Fsp3) is 0.615. The van der Waals surface area contributed by atoms with E-state index in [-0.39, 0.29) is 22.5 Å². The Balaban J connectivity index is 2.07.